The van der Waals surface area contributed by atoms with Crippen LogP contribution in [0.5, 0.6) is 0 Å². The van der Waals surface area contributed by atoms with Gasteiger partial charge in [-0.1, -0.05) is 32.6 Å². The number of carbonyl (C=O) groups excluding carboxylic acids is 4. The van der Waals surface area contributed by atoms with Gasteiger partial charge in [0.1, 0.15) is 11.6 Å². The zero-order valence-corrected chi connectivity index (χ0v) is 23.7. The van der Waals surface area contributed by atoms with E-state index < -0.39 is 46.1 Å². The molecule has 2 heterocycles. The van der Waals surface area contributed by atoms with Crippen molar-refractivity contribution in [2.45, 2.75) is 89.5 Å². The third kappa shape index (κ3) is 5.76. The van der Waals surface area contributed by atoms with E-state index in [-0.39, 0.29) is 30.2 Å². The van der Waals surface area contributed by atoms with E-state index in [0.717, 1.165) is 37.0 Å². The largest absolute Gasteiger partial charge is 0.481 e. The van der Waals surface area contributed by atoms with Crippen molar-refractivity contribution in [2.24, 2.45) is 17.8 Å². The summed E-state index contributed by atoms with van der Waals surface area (Å²) in [6.45, 7) is 9.14. The Morgan fingerprint density at radius 2 is 1.73 bits per heavy atom. The maximum absolute atomic E-state index is 14.2. The molecule has 208 valence electrons. The van der Waals surface area contributed by atoms with E-state index in [9.17, 15) is 29.1 Å². The minimum atomic E-state index is -1.27. The molecule has 0 bridgehead atoms. The first-order chi connectivity index (χ1) is 17.2. The molecule has 2 aliphatic heterocycles. The molecule has 3 atom stereocenters. The van der Waals surface area contributed by atoms with Crippen molar-refractivity contribution in [3.05, 3.63) is 0 Å². The van der Waals surface area contributed by atoms with Crippen LogP contribution in [0.4, 0.5) is 4.79 Å². The van der Waals surface area contributed by atoms with Crippen LogP contribution in [0, 0.1) is 17.8 Å². The number of amides is 5. The van der Waals surface area contributed by atoms with Gasteiger partial charge in [0.2, 0.25) is 11.8 Å². The van der Waals surface area contributed by atoms with E-state index >= 15 is 0 Å². The van der Waals surface area contributed by atoms with Crippen LogP contribution in [0.1, 0.15) is 73.1 Å². The Kier molecular flexibility index (Phi) is 8.86. The van der Waals surface area contributed by atoms with Crippen molar-refractivity contribution in [3.63, 3.8) is 0 Å². The molecule has 0 aromatic rings. The summed E-state index contributed by atoms with van der Waals surface area (Å²) in [5, 5.41) is 13.2. The highest BCUT2D eigenvalue weighted by Crippen LogP contribution is 2.42. The Morgan fingerprint density at radius 3 is 2.24 bits per heavy atom. The Balaban J connectivity index is 1.94. The highest BCUT2D eigenvalue weighted by molar-refractivity contribution is 8.00. The molecule has 1 aliphatic carbocycles. The van der Waals surface area contributed by atoms with E-state index in [1.807, 2.05) is 20.8 Å². The number of aliphatic carboxylic acids is 1. The van der Waals surface area contributed by atoms with Gasteiger partial charge in [-0.2, -0.15) is 0 Å². The summed E-state index contributed by atoms with van der Waals surface area (Å²) in [5.74, 6) is -4.08. The van der Waals surface area contributed by atoms with Gasteiger partial charge in [0.05, 0.1) is 17.7 Å². The van der Waals surface area contributed by atoms with Gasteiger partial charge < -0.3 is 20.2 Å². The predicted molar refractivity (Wildman–Crippen MR) is 141 cm³/mol. The maximum atomic E-state index is 14.2. The summed E-state index contributed by atoms with van der Waals surface area (Å²) in [7, 11) is 1.51. The molecule has 37 heavy (non-hydrogen) atoms. The lowest BCUT2D eigenvalue weighted by Gasteiger charge is -2.35. The van der Waals surface area contributed by atoms with Gasteiger partial charge in [-0.25, -0.2) is 4.79 Å². The first-order valence-electron chi connectivity index (χ1n) is 13.3. The number of hydrogen-bond acceptors (Lipinski definition) is 6. The van der Waals surface area contributed by atoms with Gasteiger partial charge in [0.15, 0.2) is 0 Å². The van der Waals surface area contributed by atoms with Crippen LogP contribution in [0.15, 0.2) is 0 Å². The average Bonchev–Trinajstić information content (AvgIpc) is 3.49. The highest BCUT2D eigenvalue weighted by Gasteiger charge is 2.54. The number of carboxylic acid groups (broad SMARTS) is 1. The molecule has 10 nitrogen and oxygen atoms in total. The van der Waals surface area contributed by atoms with E-state index in [2.05, 4.69) is 5.32 Å². The fourth-order valence-electron chi connectivity index (χ4n) is 5.73. The van der Waals surface area contributed by atoms with Crippen molar-refractivity contribution in [3.8, 4) is 0 Å². The van der Waals surface area contributed by atoms with Gasteiger partial charge in [-0.15, -0.1) is 11.8 Å². The summed E-state index contributed by atoms with van der Waals surface area (Å²) in [5.41, 5.74) is -1.09. The van der Waals surface area contributed by atoms with Crippen molar-refractivity contribution >= 4 is 41.5 Å². The van der Waals surface area contributed by atoms with Crippen LogP contribution in [-0.4, -0.2) is 91.9 Å². The molecule has 3 fully saturated rings. The SMILES string of the molecule is CCCNC(=O)[C@H]1N(C(=O)[C@H](CC2CCCC2)C(CN2C(=O)N(C)C(C)(C)C2=O)C(=O)O)CSC1(C)C. The van der Waals surface area contributed by atoms with E-state index in [1.165, 1.54) is 28.6 Å². The molecule has 0 aromatic heterocycles. The molecule has 0 spiro atoms. The number of carboxylic acids is 1. The van der Waals surface area contributed by atoms with Crippen LogP contribution >= 0.6 is 11.8 Å². The lowest BCUT2D eigenvalue weighted by Crippen LogP contribution is -2.56. The number of urea groups is 1. The summed E-state index contributed by atoms with van der Waals surface area (Å²) in [4.78, 5) is 69.7. The second kappa shape index (κ2) is 11.2. The van der Waals surface area contributed by atoms with Crippen molar-refractivity contribution < 1.29 is 29.1 Å². The molecule has 0 aromatic carbocycles. The average molecular weight is 539 g/mol. The Hall–Kier alpha value is -2.30. The van der Waals surface area contributed by atoms with E-state index in [4.69, 9.17) is 0 Å². The summed E-state index contributed by atoms with van der Waals surface area (Å²) < 4.78 is -0.544. The van der Waals surface area contributed by atoms with Crippen LogP contribution in [-0.2, 0) is 19.2 Å². The molecule has 5 amide bonds. The van der Waals surface area contributed by atoms with E-state index in [0.29, 0.717) is 13.0 Å². The molecule has 1 unspecified atom stereocenters. The Bertz CT molecular complexity index is 932. The van der Waals surface area contributed by atoms with Crippen LogP contribution in [0.25, 0.3) is 0 Å². The molecule has 2 N–H and O–H groups in total. The second-order valence-corrected chi connectivity index (χ2v) is 13.2. The lowest BCUT2D eigenvalue weighted by molar-refractivity contribution is -0.154. The predicted octanol–water partition coefficient (Wildman–Crippen LogP) is 2.76. The van der Waals surface area contributed by atoms with Crippen LogP contribution < -0.4 is 5.32 Å². The van der Waals surface area contributed by atoms with Crippen molar-refractivity contribution in [2.75, 3.05) is 26.0 Å². The summed E-state index contributed by atoms with van der Waals surface area (Å²) >= 11 is 1.49. The van der Waals surface area contributed by atoms with Crippen LogP contribution in [0.2, 0.25) is 0 Å². The van der Waals surface area contributed by atoms with Gasteiger partial charge >= 0.3 is 12.0 Å². The van der Waals surface area contributed by atoms with Crippen molar-refractivity contribution in [1.82, 2.24) is 20.0 Å². The summed E-state index contributed by atoms with van der Waals surface area (Å²) in [6, 6.07) is -1.31. The molecule has 11 heteroatoms. The molecule has 0 radical (unpaired) electrons. The zero-order valence-electron chi connectivity index (χ0n) is 22.9. The number of hydrogen-bond donors (Lipinski definition) is 2. The third-order valence-electron chi connectivity index (χ3n) is 8.31. The number of rotatable bonds is 10. The fraction of sp³-hybridized carbons (Fsp3) is 0.808. The first kappa shape index (κ1) is 29.3. The number of likely N-dealkylation sites (N-methyl/N-ethyl adjacent to an activating group) is 1. The maximum Gasteiger partial charge on any atom is 0.327 e. The smallest absolute Gasteiger partial charge is 0.327 e. The van der Waals surface area contributed by atoms with Crippen molar-refractivity contribution in [1.29, 1.82) is 0 Å². The van der Waals surface area contributed by atoms with Gasteiger partial charge in [0.25, 0.3) is 5.91 Å². The van der Waals surface area contributed by atoms with Gasteiger partial charge in [-0.05, 0) is 46.5 Å². The fourth-order valence-corrected chi connectivity index (χ4v) is 6.87. The van der Waals surface area contributed by atoms with E-state index in [1.54, 1.807) is 13.8 Å². The monoisotopic (exact) mass is 538 g/mol. The van der Waals surface area contributed by atoms with Crippen LogP contribution in [0.3, 0.4) is 0 Å². The number of nitrogens with one attached hydrogen (secondary N) is 1. The lowest BCUT2D eigenvalue weighted by atomic mass is 9.81. The second-order valence-electron chi connectivity index (χ2n) is 11.6. The summed E-state index contributed by atoms with van der Waals surface area (Å²) in [6.07, 6.45) is 4.99. The number of imide groups is 1. The highest BCUT2D eigenvalue weighted by atomic mass is 32.2. The number of nitrogens with zero attached hydrogens (tertiary/aromatic N) is 3. The molecule has 3 aliphatic rings. The molecule has 2 saturated heterocycles. The normalized spacial score (nSPS) is 25.0. The first-order valence-corrected chi connectivity index (χ1v) is 14.3. The standard InChI is InChI=1S/C26H42N4O6S/c1-7-12-27-20(31)19-26(4,5)37-15-30(19)21(32)17(13-16-10-8-9-11-16)18(22(33)34)14-29-23(35)25(2,3)28(6)24(29)36/h16-19H,7-15H2,1-6H3,(H,27,31)(H,33,34)/t17-,18?,19-/m1/s1. The van der Waals surface area contributed by atoms with Gasteiger partial charge in [-0.3, -0.25) is 24.1 Å². The number of thioether (sulfide) groups is 1. The Morgan fingerprint density at radius 1 is 1.11 bits per heavy atom. The molecule has 3 rings (SSSR count). The third-order valence-corrected chi connectivity index (χ3v) is 9.69. The molecular formula is C26H42N4O6S. The topological polar surface area (TPSA) is 127 Å². The van der Waals surface area contributed by atoms with Gasteiger partial charge in [0, 0.05) is 24.9 Å². The number of carbonyl (C=O) groups is 5. The molecule has 1 saturated carbocycles. The zero-order chi connectivity index (χ0) is 27.7. The minimum Gasteiger partial charge on any atom is -0.481 e. The Labute approximate surface area is 223 Å². The molecular weight excluding hydrogens is 496 g/mol. The quantitative estimate of drug-likeness (QED) is 0.410. The minimum absolute atomic E-state index is 0.190.